The first-order valence-corrected chi connectivity index (χ1v) is 28.0. The summed E-state index contributed by atoms with van der Waals surface area (Å²) in [6, 6.07) is 38.8. The molecular formula is C65H76N6O17. The largest absolute Gasteiger partial charge is 0.519 e. The molecule has 88 heavy (non-hydrogen) atoms. The summed E-state index contributed by atoms with van der Waals surface area (Å²) in [5.41, 5.74) is 9.22. The molecule has 2 aliphatic carbocycles. The first-order valence-electron chi connectivity index (χ1n) is 28.0. The predicted molar refractivity (Wildman–Crippen MR) is 329 cm³/mol. The molecule has 0 atom stereocenters. The SMILES string of the molecule is CC(C)(C)OC(=O)Nc1ccc(Oc2ccc(CN(C(=O)OC(C)(C)C)C3Cc4ccccc4C3)cc2)cc1[N+](=O)[O-].CC(C)(C)OC(=O)OC(=O)OC(C)(C)C.NC1Cc2ccccc2C1.O=CNc1ccc(Oc2ccc(C=O)cc2)cc1[N+](=O)[O-]. The van der Waals surface area contributed by atoms with Crippen LogP contribution >= 0.6 is 0 Å². The summed E-state index contributed by atoms with van der Waals surface area (Å²) in [6.07, 6.45) is 1.43. The zero-order valence-corrected chi connectivity index (χ0v) is 51.4. The number of ether oxygens (including phenoxy) is 7. The average Bonchev–Trinajstić information content (AvgIpc) is 4.19. The molecule has 6 aromatic rings. The fourth-order valence-corrected chi connectivity index (χ4v) is 8.52. The lowest BCUT2D eigenvalue weighted by Gasteiger charge is -2.31. The molecule has 0 saturated heterocycles. The zero-order chi connectivity index (χ0) is 65.1. The molecule has 0 aromatic heterocycles. The van der Waals surface area contributed by atoms with Gasteiger partial charge in [-0.3, -0.25) is 35.1 Å². The van der Waals surface area contributed by atoms with Crippen LogP contribution in [0.4, 0.5) is 41.9 Å². The Kier molecular flexibility index (Phi) is 23.8. The molecule has 3 amide bonds. The molecule has 0 radical (unpaired) electrons. The Hall–Kier alpha value is -9.90. The standard InChI is InChI=1S/C32H37N3O7.C14H10N2O5.C10H18O5.C9H11N/c1-31(2,3)41-29(36)33-27-16-15-26(19-28(27)35(38)39)40-25-13-11-21(12-14-25)20-34(30(37)42-32(4,5)6)24-17-22-9-7-8-10-23(22)18-24;17-8-10-1-3-11(4-2-10)21-12-5-6-13(15-9-18)14(7-12)16(19)20;1-9(2,3)14-7(11)13-8(12)15-10(4,5)6;10-9-5-7-3-1-2-4-8(7)6-9/h7-16,19,24H,17-18,20H2,1-6H3,(H,33,36);1-9H,(H,15,18);1-6H3;1-4,9H,5-6,10H2. The Bertz CT molecular complexity index is 3340. The summed E-state index contributed by atoms with van der Waals surface area (Å²) in [4.78, 5) is 91.5. The summed E-state index contributed by atoms with van der Waals surface area (Å²) in [6.45, 7) is 21.0. The third kappa shape index (κ3) is 23.5. The summed E-state index contributed by atoms with van der Waals surface area (Å²) in [7, 11) is 0. The molecule has 468 valence electrons. The summed E-state index contributed by atoms with van der Waals surface area (Å²) in [5.74, 6) is 1.37. The number of nitrogens with two attached hydrogens (primary N) is 1. The van der Waals surface area contributed by atoms with Crippen LogP contribution in [0.15, 0.2) is 133 Å². The highest BCUT2D eigenvalue weighted by Crippen LogP contribution is 2.35. The van der Waals surface area contributed by atoms with Crippen LogP contribution in [-0.2, 0) is 60.7 Å². The number of anilines is 2. The molecular weight excluding hydrogens is 1140 g/mol. The van der Waals surface area contributed by atoms with E-state index < -0.39 is 50.7 Å². The van der Waals surface area contributed by atoms with Crippen molar-refractivity contribution in [1.82, 2.24) is 4.90 Å². The van der Waals surface area contributed by atoms with Gasteiger partial charge in [-0.25, -0.2) is 19.2 Å². The van der Waals surface area contributed by atoms with Gasteiger partial charge >= 0.3 is 24.5 Å². The van der Waals surface area contributed by atoms with E-state index in [4.69, 9.17) is 34.2 Å². The Labute approximate surface area is 511 Å². The quantitative estimate of drug-likeness (QED) is 0.0242. The van der Waals surface area contributed by atoms with E-state index >= 15 is 0 Å². The third-order valence-corrected chi connectivity index (χ3v) is 12.1. The van der Waals surface area contributed by atoms with Gasteiger partial charge in [0.05, 0.1) is 22.0 Å². The number of hydrogen-bond acceptors (Lipinski definition) is 18. The highest BCUT2D eigenvalue weighted by Gasteiger charge is 2.33. The number of rotatable bonds is 13. The number of nitrogens with zero attached hydrogens (tertiary/aromatic N) is 3. The minimum Gasteiger partial charge on any atom is -0.457 e. The van der Waals surface area contributed by atoms with Crippen molar-refractivity contribution in [1.29, 1.82) is 0 Å². The molecule has 4 N–H and O–H groups in total. The van der Waals surface area contributed by atoms with Crippen LogP contribution in [0, 0.1) is 20.2 Å². The van der Waals surface area contributed by atoms with E-state index in [-0.39, 0.29) is 46.4 Å². The van der Waals surface area contributed by atoms with Crippen molar-refractivity contribution in [3.63, 3.8) is 0 Å². The lowest BCUT2D eigenvalue weighted by molar-refractivity contribution is -0.384. The average molecular weight is 1210 g/mol. The molecule has 0 saturated carbocycles. The third-order valence-electron chi connectivity index (χ3n) is 12.1. The second-order valence-corrected chi connectivity index (χ2v) is 24.2. The zero-order valence-electron chi connectivity index (χ0n) is 51.4. The van der Waals surface area contributed by atoms with E-state index in [1.54, 1.807) is 104 Å². The van der Waals surface area contributed by atoms with Gasteiger partial charge in [0.2, 0.25) is 6.41 Å². The van der Waals surface area contributed by atoms with Crippen LogP contribution in [0.5, 0.6) is 23.0 Å². The van der Waals surface area contributed by atoms with Crippen LogP contribution in [0.1, 0.15) is 121 Å². The van der Waals surface area contributed by atoms with Gasteiger partial charge in [0.25, 0.3) is 11.4 Å². The normalized spacial score (nSPS) is 12.6. The lowest BCUT2D eigenvalue weighted by Crippen LogP contribution is -2.43. The maximum Gasteiger partial charge on any atom is 0.519 e. The molecule has 2 aliphatic rings. The van der Waals surface area contributed by atoms with Gasteiger partial charge in [-0.1, -0.05) is 60.7 Å². The van der Waals surface area contributed by atoms with Crippen molar-refractivity contribution < 1.29 is 71.8 Å². The monoisotopic (exact) mass is 1210 g/mol. The Morgan fingerprint density at radius 2 is 0.943 bits per heavy atom. The second kappa shape index (κ2) is 30.4. The number of fused-ring (bicyclic) bond motifs is 2. The molecule has 0 bridgehead atoms. The smallest absolute Gasteiger partial charge is 0.457 e. The molecule has 0 unspecified atom stereocenters. The van der Waals surface area contributed by atoms with Gasteiger partial charge < -0.3 is 49.1 Å². The first kappa shape index (κ1) is 68.9. The van der Waals surface area contributed by atoms with Crippen molar-refractivity contribution >= 4 is 59.9 Å². The molecule has 0 heterocycles. The van der Waals surface area contributed by atoms with Crippen molar-refractivity contribution in [3.05, 3.63) is 187 Å². The van der Waals surface area contributed by atoms with Crippen LogP contribution in [0.3, 0.4) is 0 Å². The summed E-state index contributed by atoms with van der Waals surface area (Å²) in [5, 5.41) is 27.3. The van der Waals surface area contributed by atoms with E-state index in [0.29, 0.717) is 42.3 Å². The Morgan fingerprint density at radius 1 is 0.545 bits per heavy atom. The van der Waals surface area contributed by atoms with Gasteiger partial charge in [0, 0.05) is 24.2 Å². The van der Waals surface area contributed by atoms with Gasteiger partial charge in [0.15, 0.2) is 0 Å². The van der Waals surface area contributed by atoms with Crippen LogP contribution < -0.4 is 25.8 Å². The number of aldehydes is 1. The molecule has 0 fully saturated rings. The number of carbonyl (C=O) groups is 6. The highest BCUT2D eigenvalue weighted by atomic mass is 16.8. The second-order valence-electron chi connectivity index (χ2n) is 24.2. The van der Waals surface area contributed by atoms with Gasteiger partial charge in [0.1, 0.15) is 63.1 Å². The lowest BCUT2D eigenvalue weighted by atomic mass is 10.1. The predicted octanol–water partition coefficient (Wildman–Crippen LogP) is 14.4. The number of amides is 3. The molecule has 6 aromatic carbocycles. The van der Waals surface area contributed by atoms with Gasteiger partial charge in [-0.05, 0) is 197 Å². The fraction of sp³-hybridized carbons (Fsp3) is 0.354. The first-order chi connectivity index (χ1) is 41.2. The summed E-state index contributed by atoms with van der Waals surface area (Å²) < 4.78 is 36.1. The van der Waals surface area contributed by atoms with Gasteiger partial charge in [-0.15, -0.1) is 0 Å². The summed E-state index contributed by atoms with van der Waals surface area (Å²) >= 11 is 0. The van der Waals surface area contributed by atoms with Crippen LogP contribution in [-0.4, -0.2) is 86.4 Å². The number of nitro benzene ring substituents is 2. The van der Waals surface area contributed by atoms with Crippen LogP contribution in [0.2, 0.25) is 0 Å². The maximum atomic E-state index is 13.2. The fourth-order valence-electron chi connectivity index (χ4n) is 8.52. The molecule has 0 aliphatic heterocycles. The number of benzene rings is 6. The molecule has 23 heteroatoms. The molecule has 0 spiro atoms. The molecule has 8 rings (SSSR count). The Balaban J connectivity index is 0.000000251. The van der Waals surface area contributed by atoms with E-state index in [1.165, 1.54) is 58.7 Å². The van der Waals surface area contributed by atoms with E-state index in [0.717, 1.165) is 31.2 Å². The number of nitrogens with one attached hydrogen (secondary N) is 2. The van der Waals surface area contributed by atoms with E-state index in [1.807, 2.05) is 45.0 Å². The Morgan fingerprint density at radius 3 is 1.35 bits per heavy atom. The molecule has 23 nitrogen and oxygen atoms in total. The van der Waals surface area contributed by atoms with Gasteiger partial charge in [-0.2, -0.15) is 0 Å². The maximum absolute atomic E-state index is 13.2. The van der Waals surface area contributed by atoms with E-state index in [9.17, 15) is 49.0 Å². The van der Waals surface area contributed by atoms with Crippen molar-refractivity contribution in [2.24, 2.45) is 5.73 Å². The number of carbonyl (C=O) groups excluding carboxylic acids is 6. The van der Waals surface area contributed by atoms with Crippen molar-refractivity contribution in [3.8, 4) is 23.0 Å². The highest BCUT2D eigenvalue weighted by molar-refractivity contribution is 5.88. The minimum atomic E-state index is -1.06. The van der Waals surface area contributed by atoms with E-state index in [2.05, 4.69) is 51.8 Å². The minimum absolute atomic E-state index is 0.00625. The van der Waals surface area contributed by atoms with Crippen molar-refractivity contribution in [2.75, 3.05) is 10.6 Å². The van der Waals surface area contributed by atoms with Crippen molar-refractivity contribution in [2.45, 2.75) is 150 Å². The van der Waals surface area contributed by atoms with Crippen LogP contribution in [0.25, 0.3) is 0 Å². The topological polar surface area (TPSA) is 307 Å². The number of nitro groups is 2. The number of hydrogen-bond donors (Lipinski definition) is 3.